The molecular formula is C15H19NO3. The Hall–Kier alpha value is -2.10. The highest BCUT2D eigenvalue weighted by Crippen LogP contribution is 2.24. The number of anilines is 1. The molecular weight excluding hydrogens is 242 g/mol. The highest BCUT2D eigenvalue weighted by atomic mass is 16.4. The zero-order valence-corrected chi connectivity index (χ0v) is 11.7. The van der Waals surface area contributed by atoms with Crippen molar-refractivity contribution in [2.45, 2.75) is 33.1 Å². The fourth-order valence-corrected chi connectivity index (χ4v) is 1.53. The third-order valence-electron chi connectivity index (χ3n) is 2.83. The summed E-state index contributed by atoms with van der Waals surface area (Å²) in [6.45, 7) is 6.98. The topological polar surface area (TPSA) is 66.4 Å². The van der Waals surface area contributed by atoms with E-state index in [1.807, 2.05) is 13.8 Å². The average molecular weight is 261 g/mol. The Balaban J connectivity index is 2.86. The number of carbonyl (C=O) groups excluding carboxylic acids is 1. The van der Waals surface area contributed by atoms with Crippen LogP contribution in [0.4, 0.5) is 5.69 Å². The molecule has 0 atom stereocenters. The minimum Gasteiger partial charge on any atom is -0.481 e. The molecule has 0 aliphatic rings. The van der Waals surface area contributed by atoms with Crippen molar-refractivity contribution in [3.8, 4) is 0 Å². The summed E-state index contributed by atoms with van der Waals surface area (Å²) in [6.07, 6.45) is 1.51. The lowest BCUT2D eigenvalue weighted by atomic mass is 9.85. The molecule has 102 valence electrons. The monoisotopic (exact) mass is 261 g/mol. The maximum absolute atomic E-state index is 11.5. The van der Waals surface area contributed by atoms with Gasteiger partial charge in [-0.15, -0.1) is 0 Å². The molecule has 0 saturated heterocycles. The van der Waals surface area contributed by atoms with Crippen LogP contribution >= 0.6 is 0 Å². The number of aliphatic carboxylic acids is 1. The van der Waals surface area contributed by atoms with Crippen molar-refractivity contribution in [1.29, 1.82) is 0 Å². The maximum Gasteiger partial charge on any atom is 0.313 e. The van der Waals surface area contributed by atoms with Crippen LogP contribution in [0.25, 0.3) is 0 Å². The Bertz CT molecular complexity index is 509. The summed E-state index contributed by atoms with van der Waals surface area (Å²) >= 11 is 0. The van der Waals surface area contributed by atoms with E-state index in [9.17, 15) is 9.59 Å². The first-order valence-corrected chi connectivity index (χ1v) is 6.03. The summed E-state index contributed by atoms with van der Waals surface area (Å²) in [5.41, 5.74) is 1.32. The van der Waals surface area contributed by atoms with E-state index in [1.54, 1.807) is 38.1 Å². The van der Waals surface area contributed by atoms with Crippen molar-refractivity contribution in [3.05, 3.63) is 41.5 Å². The SMILES string of the molecule is CC(C)=CC(=O)Nc1ccc(C(C)(C)C(=O)O)cc1. The van der Waals surface area contributed by atoms with Gasteiger partial charge in [-0.05, 0) is 45.4 Å². The van der Waals surface area contributed by atoms with Gasteiger partial charge in [0.1, 0.15) is 0 Å². The van der Waals surface area contributed by atoms with Crippen LogP contribution in [0.1, 0.15) is 33.3 Å². The quantitative estimate of drug-likeness (QED) is 0.819. The molecule has 0 radical (unpaired) electrons. The van der Waals surface area contributed by atoms with Crippen molar-refractivity contribution in [1.82, 2.24) is 0 Å². The fraction of sp³-hybridized carbons (Fsp3) is 0.333. The second-order valence-corrected chi connectivity index (χ2v) is 5.22. The van der Waals surface area contributed by atoms with Gasteiger partial charge in [0.15, 0.2) is 0 Å². The van der Waals surface area contributed by atoms with Crippen LogP contribution in [0, 0.1) is 0 Å². The first-order valence-electron chi connectivity index (χ1n) is 6.03. The molecule has 19 heavy (non-hydrogen) atoms. The van der Waals surface area contributed by atoms with Gasteiger partial charge in [0, 0.05) is 11.8 Å². The number of carboxylic acid groups (broad SMARTS) is 1. The van der Waals surface area contributed by atoms with Crippen LogP contribution in [-0.4, -0.2) is 17.0 Å². The zero-order valence-electron chi connectivity index (χ0n) is 11.7. The number of amides is 1. The first kappa shape index (κ1) is 15.0. The number of carboxylic acids is 1. The Morgan fingerprint density at radius 1 is 1.16 bits per heavy atom. The lowest BCUT2D eigenvalue weighted by Crippen LogP contribution is -2.28. The van der Waals surface area contributed by atoms with E-state index in [1.165, 1.54) is 6.08 Å². The van der Waals surface area contributed by atoms with Gasteiger partial charge in [-0.2, -0.15) is 0 Å². The Labute approximate surface area is 113 Å². The Morgan fingerprint density at radius 2 is 1.68 bits per heavy atom. The number of hydrogen-bond donors (Lipinski definition) is 2. The lowest BCUT2D eigenvalue weighted by Gasteiger charge is -2.19. The molecule has 0 bridgehead atoms. The number of benzene rings is 1. The second kappa shape index (κ2) is 5.69. The number of nitrogens with one attached hydrogen (secondary N) is 1. The molecule has 1 aromatic carbocycles. The van der Waals surface area contributed by atoms with Crippen LogP contribution in [0.2, 0.25) is 0 Å². The normalized spacial score (nSPS) is 10.7. The van der Waals surface area contributed by atoms with Gasteiger partial charge in [0.2, 0.25) is 5.91 Å². The molecule has 0 aromatic heterocycles. The number of rotatable bonds is 4. The van der Waals surface area contributed by atoms with Crippen molar-refractivity contribution >= 4 is 17.6 Å². The van der Waals surface area contributed by atoms with Crippen LogP contribution in [0.15, 0.2) is 35.9 Å². The predicted octanol–water partition coefficient (Wildman–Crippen LogP) is 2.95. The van der Waals surface area contributed by atoms with Gasteiger partial charge in [0.25, 0.3) is 0 Å². The van der Waals surface area contributed by atoms with E-state index < -0.39 is 11.4 Å². The van der Waals surface area contributed by atoms with E-state index in [0.29, 0.717) is 11.3 Å². The molecule has 0 saturated carbocycles. The first-order chi connectivity index (χ1) is 8.73. The number of hydrogen-bond acceptors (Lipinski definition) is 2. The number of carbonyl (C=O) groups is 2. The van der Waals surface area contributed by atoms with Crippen molar-refractivity contribution in [2.24, 2.45) is 0 Å². The summed E-state index contributed by atoms with van der Waals surface area (Å²) in [7, 11) is 0. The molecule has 0 aliphatic carbocycles. The smallest absolute Gasteiger partial charge is 0.313 e. The second-order valence-electron chi connectivity index (χ2n) is 5.22. The third kappa shape index (κ3) is 3.95. The Kier molecular flexibility index (Phi) is 4.48. The van der Waals surface area contributed by atoms with Gasteiger partial charge in [-0.3, -0.25) is 9.59 Å². The van der Waals surface area contributed by atoms with Crippen molar-refractivity contribution in [3.63, 3.8) is 0 Å². The summed E-state index contributed by atoms with van der Waals surface area (Å²) in [4.78, 5) is 22.7. The summed E-state index contributed by atoms with van der Waals surface area (Å²) in [5.74, 6) is -1.07. The van der Waals surface area contributed by atoms with Crippen LogP contribution in [0.5, 0.6) is 0 Å². The fourth-order valence-electron chi connectivity index (χ4n) is 1.53. The van der Waals surface area contributed by atoms with E-state index in [-0.39, 0.29) is 5.91 Å². The van der Waals surface area contributed by atoms with Crippen molar-refractivity contribution in [2.75, 3.05) is 5.32 Å². The molecule has 0 unspecified atom stereocenters. The Morgan fingerprint density at radius 3 is 2.11 bits per heavy atom. The highest BCUT2D eigenvalue weighted by molar-refractivity contribution is 5.99. The predicted molar refractivity (Wildman–Crippen MR) is 75.2 cm³/mol. The molecule has 0 heterocycles. The summed E-state index contributed by atoms with van der Waals surface area (Å²) in [6, 6.07) is 6.84. The molecule has 0 aliphatic heterocycles. The van der Waals surface area contributed by atoms with Crippen LogP contribution < -0.4 is 5.32 Å². The van der Waals surface area contributed by atoms with E-state index in [4.69, 9.17) is 5.11 Å². The van der Waals surface area contributed by atoms with E-state index in [2.05, 4.69) is 5.32 Å². The molecule has 0 spiro atoms. The van der Waals surface area contributed by atoms with Gasteiger partial charge in [-0.1, -0.05) is 17.7 Å². The highest BCUT2D eigenvalue weighted by Gasteiger charge is 2.29. The van der Waals surface area contributed by atoms with Gasteiger partial charge < -0.3 is 10.4 Å². The zero-order chi connectivity index (χ0) is 14.6. The molecule has 2 N–H and O–H groups in total. The summed E-state index contributed by atoms with van der Waals surface area (Å²) < 4.78 is 0. The van der Waals surface area contributed by atoms with E-state index in [0.717, 1.165) is 5.57 Å². The standard InChI is InChI=1S/C15H19NO3/c1-10(2)9-13(17)16-12-7-5-11(6-8-12)15(3,4)14(18)19/h5-9H,1-4H3,(H,16,17)(H,18,19). The van der Waals surface area contributed by atoms with Crippen molar-refractivity contribution < 1.29 is 14.7 Å². The largest absolute Gasteiger partial charge is 0.481 e. The maximum atomic E-state index is 11.5. The lowest BCUT2D eigenvalue weighted by molar-refractivity contribution is -0.142. The minimum absolute atomic E-state index is 0.190. The van der Waals surface area contributed by atoms with E-state index >= 15 is 0 Å². The van der Waals surface area contributed by atoms with Crippen LogP contribution in [0.3, 0.4) is 0 Å². The van der Waals surface area contributed by atoms with Gasteiger partial charge >= 0.3 is 5.97 Å². The van der Waals surface area contributed by atoms with Gasteiger partial charge in [-0.25, -0.2) is 0 Å². The summed E-state index contributed by atoms with van der Waals surface area (Å²) in [5, 5.41) is 11.8. The number of allylic oxidation sites excluding steroid dienone is 1. The van der Waals surface area contributed by atoms with Crippen LogP contribution in [-0.2, 0) is 15.0 Å². The van der Waals surface area contributed by atoms with Gasteiger partial charge in [0.05, 0.1) is 5.41 Å². The average Bonchev–Trinajstić information content (AvgIpc) is 2.28. The molecule has 1 amide bonds. The third-order valence-corrected chi connectivity index (χ3v) is 2.83. The molecule has 1 aromatic rings. The molecule has 0 fully saturated rings. The molecule has 4 heteroatoms. The molecule has 1 rings (SSSR count). The minimum atomic E-state index is -0.942. The molecule has 4 nitrogen and oxygen atoms in total.